The standard InChI is InChI=1S/C15H17ClO3/c16-12-9-15-14(18-5-2-6-19-15)8-11(12)13(17)7-10-3-1-4-10/h8-10H,1-7H2. The highest BCUT2D eigenvalue weighted by molar-refractivity contribution is 6.34. The van der Waals surface area contributed by atoms with Gasteiger partial charge in [-0.3, -0.25) is 4.79 Å². The van der Waals surface area contributed by atoms with Gasteiger partial charge in [0.2, 0.25) is 0 Å². The average Bonchev–Trinajstić information content (AvgIpc) is 2.57. The maximum Gasteiger partial charge on any atom is 0.164 e. The van der Waals surface area contributed by atoms with Crippen LogP contribution < -0.4 is 9.47 Å². The molecule has 2 aliphatic rings. The SMILES string of the molecule is O=C(CC1CCC1)c1cc2c(cc1Cl)OCCCO2. The van der Waals surface area contributed by atoms with Crippen LogP contribution in [0.3, 0.4) is 0 Å². The molecule has 1 saturated carbocycles. The minimum absolute atomic E-state index is 0.116. The quantitative estimate of drug-likeness (QED) is 0.789. The molecule has 3 rings (SSSR count). The fourth-order valence-electron chi connectivity index (χ4n) is 2.47. The molecule has 0 spiro atoms. The van der Waals surface area contributed by atoms with Gasteiger partial charge in [-0.15, -0.1) is 0 Å². The lowest BCUT2D eigenvalue weighted by atomic mass is 9.81. The summed E-state index contributed by atoms with van der Waals surface area (Å²) in [7, 11) is 0. The monoisotopic (exact) mass is 280 g/mol. The predicted molar refractivity (Wildman–Crippen MR) is 73.3 cm³/mol. The second-order valence-electron chi connectivity index (χ2n) is 5.25. The van der Waals surface area contributed by atoms with Crippen LogP contribution in [0.1, 0.15) is 42.5 Å². The lowest BCUT2D eigenvalue weighted by molar-refractivity contribution is 0.0936. The van der Waals surface area contributed by atoms with Crippen LogP contribution >= 0.6 is 11.6 Å². The fraction of sp³-hybridized carbons (Fsp3) is 0.533. The van der Waals surface area contributed by atoms with Gasteiger partial charge in [0.05, 0.1) is 18.2 Å². The third kappa shape index (κ3) is 2.71. The van der Waals surface area contributed by atoms with E-state index in [1.165, 1.54) is 6.42 Å². The number of carbonyl (C=O) groups is 1. The molecule has 3 nitrogen and oxygen atoms in total. The number of carbonyl (C=O) groups excluding carboxylic acids is 1. The number of rotatable bonds is 3. The predicted octanol–water partition coefficient (Wildman–Crippen LogP) is 3.87. The van der Waals surface area contributed by atoms with E-state index in [9.17, 15) is 4.79 Å². The molecule has 0 atom stereocenters. The van der Waals surface area contributed by atoms with Gasteiger partial charge < -0.3 is 9.47 Å². The number of fused-ring (bicyclic) bond motifs is 1. The molecule has 1 aliphatic carbocycles. The van der Waals surface area contributed by atoms with Gasteiger partial charge in [-0.1, -0.05) is 30.9 Å². The number of hydrogen-bond donors (Lipinski definition) is 0. The van der Waals surface area contributed by atoms with Crippen molar-refractivity contribution in [1.82, 2.24) is 0 Å². The smallest absolute Gasteiger partial charge is 0.164 e. The summed E-state index contributed by atoms with van der Waals surface area (Å²) in [5, 5.41) is 0.466. The van der Waals surface area contributed by atoms with Crippen molar-refractivity contribution in [2.75, 3.05) is 13.2 Å². The van der Waals surface area contributed by atoms with Crippen molar-refractivity contribution in [3.63, 3.8) is 0 Å². The Morgan fingerprint density at radius 2 is 1.84 bits per heavy atom. The first kappa shape index (κ1) is 12.8. The van der Waals surface area contributed by atoms with Crippen LogP contribution in [0.25, 0.3) is 0 Å². The molecule has 0 N–H and O–H groups in total. The first-order chi connectivity index (χ1) is 9.24. The number of Topliss-reactive ketones (excluding diaryl/α,β-unsaturated/α-hetero) is 1. The van der Waals surface area contributed by atoms with E-state index >= 15 is 0 Å². The molecule has 1 aliphatic heterocycles. The van der Waals surface area contributed by atoms with Gasteiger partial charge in [-0.05, 0) is 12.0 Å². The van der Waals surface area contributed by atoms with Crippen LogP contribution in [-0.2, 0) is 0 Å². The van der Waals surface area contributed by atoms with E-state index in [0.29, 0.717) is 47.6 Å². The Balaban J connectivity index is 1.84. The van der Waals surface area contributed by atoms with Crippen LogP contribution in [0.5, 0.6) is 11.5 Å². The molecule has 0 saturated heterocycles. The number of halogens is 1. The minimum Gasteiger partial charge on any atom is -0.490 e. The van der Waals surface area contributed by atoms with E-state index < -0.39 is 0 Å². The highest BCUT2D eigenvalue weighted by Crippen LogP contribution is 2.37. The van der Waals surface area contributed by atoms with E-state index in [1.807, 2.05) is 0 Å². The Morgan fingerprint density at radius 3 is 2.47 bits per heavy atom. The van der Waals surface area contributed by atoms with Crippen molar-refractivity contribution in [1.29, 1.82) is 0 Å². The molecule has 0 unspecified atom stereocenters. The van der Waals surface area contributed by atoms with Crippen molar-refractivity contribution < 1.29 is 14.3 Å². The molecule has 1 heterocycles. The normalized spacial score (nSPS) is 18.6. The van der Waals surface area contributed by atoms with Crippen molar-refractivity contribution >= 4 is 17.4 Å². The molecule has 19 heavy (non-hydrogen) atoms. The first-order valence-corrected chi connectivity index (χ1v) is 7.24. The average molecular weight is 281 g/mol. The summed E-state index contributed by atoms with van der Waals surface area (Å²) in [4.78, 5) is 12.3. The lowest BCUT2D eigenvalue weighted by Crippen LogP contribution is -2.16. The number of ketones is 1. The molecule has 1 aromatic rings. The molecule has 4 heteroatoms. The highest BCUT2D eigenvalue weighted by atomic mass is 35.5. The summed E-state index contributed by atoms with van der Waals surface area (Å²) < 4.78 is 11.2. The number of hydrogen-bond acceptors (Lipinski definition) is 3. The Hall–Kier alpha value is -1.22. The van der Waals surface area contributed by atoms with Gasteiger partial charge >= 0.3 is 0 Å². The van der Waals surface area contributed by atoms with E-state index in [2.05, 4.69) is 0 Å². The van der Waals surface area contributed by atoms with Gasteiger partial charge in [0, 0.05) is 24.5 Å². The summed E-state index contributed by atoms with van der Waals surface area (Å²) in [6.07, 6.45) is 5.01. The largest absolute Gasteiger partial charge is 0.490 e. The van der Waals surface area contributed by atoms with E-state index in [-0.39, 0.29) is 5.78 Å². The highest BCUT2D eigenvalue weighted by Gasteiger charge is 2.24. The van der Waals surface area contributed by atoms with E-state index in [4.69, 9.17) is 21.1 Å². The van der Waals surface area contributed by atoms with Crippen molar-refractivity contribution in [2.24, 2.45) is 5.92 Å². The second kappa shape index (κ2) is 5.41. The van der Waals surface area contributed by atoms with Crippen molar-refractivity contribution in [3.05, 3.63) is 22.7 Å². The van der Waals surface area contributed by atoms with Crippen LogP contribution in [0.2, 0.25) is 5.02 Å². The molecule has 0 radical (unpaired) electrons. The zero-order valence-electron chi connectivity index (χ0n) is 10.8. The van der Waals surface area contributed by atoms with Gasteiger partial charge in [0.15, 0.2) is 17.3 Å². The van der Waals surface area contributed by atoms with Gasteiger partial charge in [-0.2, -0.15) is 0 Å². The van der Waals surface area contributed by atoms with Gasteiger partial charge in [0.1, 0.15) is 0 Å². The first-order valence-electron chi connectivity index (χ1n) is 6.86. The Bertz CT molecular complexity index is 494. The minimum atomic E-state index is 0.116. The fourth-order valence-corrected chi connectivity index (χ4v) is 2.73. The summed E-state index contributed by atoms with van der Waals surface area (Å²) in [5.74, 6) is 1.94. The molecular weight excluding hydrogens is 264 g/mol. The molecule has 0 bridgehead atoms. The molecule has 0 amide bonds. The third-order valence-electron chi connectivity index (χ3n) is 3.84. The zero-order valence-corrected chi connectivity index (χ0v) is 11.5. The van der Waals surface area contributed by atoms with Crippen LogP contribution in [0, 0.1) is 5.92 Å². The maximum atomic E-state index is 12.3. The Labute approximate surface area is 117 Å². The molecule has 102 valence electrons. The summed E-state index contributed by atoms with van der Waals surface area (Å²) >= 11 is 6.20. The molecule has 1 fully saturated rings. The summed E-state index contributed by atoms with van der Waals surface area (Å²) in [5.41, 5.74) is 0.567. The zero-order chi connectivity index (χ0) is 13.2. The molecule has 1 aromatic carbocycles. The number of ether oxygens (including phenoxy) is 2. The Morgan fingerprint density at radius 1 is 1.16 bits per heavy atom. The molecular formula is C15H17ClO3. The van der Waals surface area contributed by atoms with Crippen molar-refractivity contribution in [3.8, 4) is 11.5 Å². The van der Waals surface area contributed by atoms with Crippen LogP contribution in [-0.4, -0.2) is 19.0 Å². The summed E-state index contributed by atoms with van der Waals surface area (Å²) in [6, 6.07) is 3.44. The van der Waals surface area contributed by atoms with Crippen LogP contribution in [0.4, 0.5) is 0 Å². The van der Waals surface area contributed by atoms with E-state index in [1.54, 1.807) is 12.1 Å². The topological polar surface area (TPSA) is 35.5 Å². The number of benzene rings is 1. The third-order valence-corrected chi connectivity index (χ3v) is 4.15. The second-order valence-corrected chi connectivity index (χ2v) is 5.66. The maximum absolute atomic E-state index is 12.3. The van der Waals surface area contributed by atoms with Gasteiger partial charge in [0.25, 0.3) is 0 Å². The lowest BCUT2D eigenvalue weighted by Gasteiger charge is -2.24. The Kier molecular flexibility index (Phi) is 3.65. The van der Waals surface area contributed by atoms with Crippen molar-refractivity contribution in [2.45, 2.75) is 32.1 Å². The summed E-state index contributed by atoms with van der Waals surface area (Å²) in [6.45, 7) is 1.24. The van der Waals surface area contributed by atoms with E-state index in [0.717, 1.165) is 19.3 Å². The van der Waals surface area contributed by atoms with Gasteiger partial charge in [-0.25, -0.2) is 0 Å². The van der Waals surface area contributed by atoms with Crippen LogP contribution in [0.15, 0.2) is 12.1 Å². The molecule has 0 aromatic heterocycles.